The summed E-state index contributed by atoms with van der Waals surface area (Å²) in [6.07, 6.45) is 0. The van der Waals surface area contributed by atoms with Crippen LogP contribution < -0.4 is 10.6 Å². The van der Waals surface area contributed by atoms with Gasteiger partial charge in [-0.15, -0.1) is 11.3 Å². The summed E-state index contributed by atoms with van der Waals surface area (Å²) < 4.78 is 4.81. The Hall–Kier alpha value is -3.76. The Morgan fingerprint density at radius 2 is 1.75 bits per heavy atom. The van der Waals surface area contributed by atoms with Gasteiger partial charge in [0.1, 0.15) is 5.00 Å². The zero-order chi connectivity index (χ0) is 23.4. The summed E-state index contributed by atoms with van der Waals surface area (Å²) in [6.45, 7) is 1.57. The SMILES string of the molecule is COC(=O)c1c(NC(=O)c2ccc([N+](=O)[O-])cc2)sc(C(=O)Nc2cccc(Cl)c2)c1C. The molecule has 0 saturated heterocycles. The van der Waals surface area contributed by atoms with Crippen molar-refractivity contribution in [1.29, 1.82) is 0 Å². The highest BCUT2D eigenvalue weighted by Gasteiger charge is 2.27. The number of non-ortho nitro benzene ring substituents is 1. The van der Waals surface area contributed by atoms with Gasteiger partial charge in [0.05, 0.1) is 22.5 Å². The second kappa shape index (κ2) is 9.58. The molecule has 1 heterocycles. The van der Waals surface area contributed by atoms with E-state index >= 15 is 0 Å². The van der Waals surface area contributed by atoms with Crippen LogP contribution in [-0.2, 0) is 4.74 Å². The van der Waals surface area contributed by atoms with Crippen LogP contribution in [0.4, 0.5) is 16.4 Å². The standard InChI is InChI=1S/C21H16ClN3O6S/c1-11-16(21(28)31-2)20(24-18(26)12-6-8-15(9-7-12)25(29)30)32-17(11)19(27)23-14-5-3-4-13(22)10-14/h3-10H,1-2H3,(H,23,27)(H,24,26). The zero-order valence-electron chi connectivity index (χ0n) is 16.8. The summed E-state index contributed by atoms with van der Waals surface area (Å²) >= 11 is 6.85. The summed E-state index contributed by atoms with van der Waals surface area (Å²) in [5, 5.41) is 16.6. The number of thiophene rings is 1. The second-order valence-electron chi connectivity index (χ2n) is 6.47. The number of nitrogens with one attached hydrogen (secondary N) is 2. The molecule has 0 bridgehead atoms. The molecule has 3 rings (SSSR count). The predicted molar refractivity (Wildman–Crippen MR) is 121 cm³/mol. The van der Waals surface area contributed by atoms with Crippen molar-refractivity contribution in [2.24, 2.45) is 0 Å². The van der Waals surface area contributed by atoms with Crippen LogP contribution in [0.3, 0.4) is 0 Å². The number of esters is 1. The van der Waals surface area contributed by atoms with Gasteiger partial charge in [-0.25, -0.2) is 4.79 Å². The van der Waals surface area contributed by atoms with Crippen molar-refractivity contribution in [2.75, 3.05) is 17.7 Å². The quantitative estimate of drug-likeness (QED) is 0.297. The summed E-state index contributed by atoms with van der Waals surface area (Å²) in [4.78, 5) is 48.2. The molecule has 0 aliphatic carbocycles. The average molecular weight is 474 g/mol. The highest BCUT2D eigenvalue weighted by atomic mass is 35.5. The Balaban J connectivity index is 1.91. The highest BCUT2D eigenvalue weighted by Crippen LogP contribution is 2.34. The van der Waals surface area contributed by atoms with Gasteiger partial charge in [0, 0.05) is 28.4 Å². The first-order valence-corrected chi connectivity index (χ1v) is 10.2. The maximum atomic E-state index is 12.8. The number of benzene rings is 2. The van der Waals surface area contributed by atoms with E-state index in [-0.39, 0.29) is 26.7 Å². The van der Waals surface area contributed by atoms with Gasteiger partial charge in [-0.1, -0.05) is 17.7 Å². The fourth-order valence-electron chi connectivity index (χ4n) is 2.83. The molecule has 164 valence electrons. The third-order valence-electron chi connectivity index (χ3n) is 4.39. The fraction of sp³-hybridized carbons (Fsp3) is 0.0952. The minimum Gasteiger partial charge on any atom is -0.465 e. The first-order chi connectivity index (χ1) is 15.2. The van der Waals surface area contributed by atoms with Crippen LogP contribution in [0.5, 0.6) is 0 Å². The van der Waals surface area contributed by atoms with Crippen LogP contribution in [0.25, 0.3) is 0 Å². The molecule has 3 aromatic rings. The summed E-state index contributed by atoms with van der Waals surface area (Å²) in [6, 6.07) is 11.5. The van der Waals surface area contributed by atoms with Crippen LogP contribution in [0.1, 0.15) is 36.0 Å². The van der Waals surface area contributed by atoms with Crippen LogP contribution in [-0.4, -0.2) is 29.8 Å². The first kappa shape index (κ1) is 22.9. The number of nitrogens with zero attached hydrogens (tertiary/aromatic N) is 1. The monoisotopic (exact) mass is 473 g/mol. The molecule has 2 amide bonds. The van der Waals surface area contributed by atoms with Gasteiger partial charge in [0.25, 0.3) is 17.5 Å². The maximum Gasteiger partial charge on any atom is 0.341 e. The Morgan fingerprint density at radius 3 is 2.34 bits per heavy atom. The van der Waals surface area contributed by atoms with Gasteiger partial charge in [0.2, 0.25) is 0 Å². The number of methoxy groups -OCH3 is 1. The smallest absolute Gasteiger partial charge is 0.341 e. The van der Waals surface area contributed by atoms with Crippen molar-refractivity contribution >= 4 is 57.1 Å². The highest BCUT2D eigenvalue weighted by molar-refractivity contribution is 7.19. The first-order valence-electron chi connectivity index (χ1n) is 9.05. The summed E-state index contributed by atoms with van der Waals surface area (Å²) in [5.74, 6) is -1.82. The number of carbonyl (C=O) groups excluding carboxylic acids is 3. The lowest BCUT2D eigenvalue weighted by Crippen LogP contribution is -2.14. The number of nitro groups is 1. The summed E-state index contributed by atoms with van der Waals surface area (Å²) in [7, 11) is 1.19. The van der Waals surface area contributed by atoms with Crippen molar-refractivity contribution in [3.63, 3.8) is 0 Å². The molecular formula is C21H16ClN3O6S. The normalized spacial score (nSPS) is 10.3. The number of hydrogen-bond donors (Lipinski definition) is 2. The van der Waals surface area contributed by atoms with Crippen LogP contribution >= 0.6 is 22.9 Å². The van der Waals surface area contributed by atoms with Gasteiger partial charge in [-0.2, -0.15) is 0 Å². The molecule has 2 N–H and O–H groups in total. The number of amides is 2. The van der Waals surface area contributed by atoms with Crippen molar-refractivity contribution in [1.82, 2.24) is 0 Å². The molecule has 0 unspecified atom stereocenters. The molecule has 2 aromatic carbocycles. The van der Waals surface area contributed by atoms with E-state index in [1.165, 1.54) is 31.4 Å². The number of rotatable bonds is 6. The Morgan fingerprint density at radius 1 is 1.06 bits per heavy atom. The fourth-order valence-corrected chi connectivity index (χ4v) is 4.11. The van der Waals surface area contributed by atoms with Crippen molar-refractivity contribution in [3.8, 4) is 0 Å². The van der Waals surface area contributed by atoms with Crippen molar-refractivity contribution in [2.45, 2.75) is 6.92 Å². The number of ether oxygens (including phenoxy) is 1. The zero-order valence-corrected chi connectivity index (χ0v) is 18.4. The number of nitro benzene ring substituents is 1. The minimum absolute atomic E-state index is 0.0454. The van der Waals surface area contributed by atoms with Crippen LogP contribution in [0.2, 0.25) is 5.02 Å². The van der Waals surface area contributed by atoms with E-state index in [1.807, 2.05) is 0 Å². The molecular weight excluding hydrogens is 458 g/mol. The van der Waals surface area contributed by atoms with Crippen LogP contribution in [0.15, 0.2) is 48.5 Å². The summed E-state index contributed by atoms with van der Waals surface area (Å²) in [5.41, 5.74) is 0.821. The van der Waals surface area contributed by atoms with Crippen LogP contribution in [0, 0.1) is 17.0 Å². The van der Waals surface area contributed by atoms with Crippen molar-refractivity contribution in [3.05, 3.63) is 85.2 Å². The van der Waals surface area contributed by atoms with E-state index in [9.17, 15) is 24.5 Å². The Bertz CT molecular complexity index is 1220. The molecule has 1 aromatic heterocycles. The number of halogens is 1. The predicted octanol–water partition coefficient (Wildman–Crippen LogP) is 4.91. The van der Waals surface area contributed by atoms with E-state index in [0.717, 1.165) is 11.3 Å². The van der Waals surface area contributed by atoms with Gasteiger partial charge in [0.15, 0.2) is 0 Å². The van der Waals surface area contributed by atoms with Crippen molar-refractivity contribution < 1.29 is 24.0 Å². The largest absolute Gasteiger partial charge is 0.465 e. The molecule has 0 aliphatic rings. The minimum atomic E-state index is -0.723. The molecule has 32 heavy (non-hydrogen) atoms. The lowest BCUT2D eigenvalue weighted by molar-refractivity contribution is -0.384. The van der Waals surface area contributed by atoms with E-state index in [4.69, 9.17) is 16.3 Å². The average Bonchev–Trinajstić information content (AvgIpc) is 3.09. The number of carbonyl (C=O) groups is 3. The lowest BCUT2D eigenvalue weighted by atomic mass is 10.1. The Labute approximate surface area is 191 Å². The van der Waals surface area contributed by atoms with E-state index in [1.54, 1.807) is 31.2 Å². The van der Waals surface area contributed by atoms with Gasteiger partial charge >= 0.3 is 5.97 Å². The van der Waals surface area contributed by atoms with Gasteiger partial charge in [-0.3, -0.25) is 19.7 Å². The Kier molecular flexibility index (Phi) is 6.86. The third kappa shape index (κ3) is 4.93. The third-order valence-corrected chi connectivity index (χ3v) is 5.83. The molecule has 11 heteroatoms. The molecule has 0 atom stereocenters. The molecule has 0 fully saturated rings. The van der Waals surface area contributed by atoms with Gasteiger partial charge < -0.3 is 15.4 Å². The molecule has 0 aliphatic heterocycles. The number of anilines is 2. The maximum absolute atomic E-state index is 12.8. The molecule has 0 radical (unpaired) electrons. The molecule has 0 saturated carbocycles. The second-order valence-corrected chi connectivity index (χ2v) is 7.93. The van der Waals surface area contributed by atoms with E-state index in [0.29, 0.717) is 16.3 Å². The topological polar surface area (TPSA) is 128 Å². The van der Waals surface area contributed by atoms with E-state index in [2.05, 4.69) is 10.6 Å². The lowest BCUT2D eigenvalue weighted by Gasteiger charge is -2.06. The number of hydrogen-bond acceptors (Lipinski definition) is 7. The molecule has 9 nitrogen and oxygen atoms in total. The molecule has 0 spiro atoms. The van der Waals surface area contributed by atoms with Gasteiger partial charge in [-0.05, 0) is 42.8 Å². The van der Waals surface area contributed by atoms with E-state index < -0.39 is 22.7 Å².